The van der Waals surface area contributed by atoms with Gasteiger partial charge in [0, 0.05) is 33.4 Å². The fourth-order valence-corrected chi connectivity index (χ4v) is 9.63. The lowest BCUT2D eigenvalue weighted by molar-refractivity contribution is 1.18. The molecule has 12 aromatic rings. The van der Waals surface area contributed by atoms with Crippen molar-refractivity contribution >= 4 is 60.4 Å². The van der Waals surface area contributed by atoms with Crippen LogP contribution in [0.15, 0.2) is 255 Å². The van der Waals surface area contributed by atoms with Crippen molar-refractivity contribution in [2.24, 2.45) is 0 Å². The normalized spacial score (nSPS) is 11.4. The van der Waals surface area contributed by atoms with Crippen molar-refractivity contribution in [1.82, 2.24) is 4.57 Å². The van der Waals surface area contributed by atoms with Crippen molar-refractivity contribution in [3.63, 3.8) is 0 Å². The van der Waals surface area contributed by atoms with Gasteiger partial charge in [0.05, 0.1) is 16.7 Å². The zero-order valence-corrected chi connectivity index (χ0v) is 35.1. The average Bonchev–Trinajstić information content (AvgIpc) is 3.70. The molecule has 64 heavy (non-hydrogen) atoms. The van der Waals surface area contributed by atoms with Gasteiger partial charge in [0.2, 0.25) is 0 Å². The monoisotopic (exact) mass is 814 g/mol. The van der Waals surface area contributed by atoms with Gasteiger partial charge in [0.25, 0.3) is 0 Å². The summed E-state index contributed by atoms with van der Waals surface area (Å²) in [7, 11) is 0. The highest BCUT2D eigenvalue weighted by atomic mass is 15.1. The number of para-hydroxylation sites is 2. The van der Waals surface area contributed by atoms with E-state index in [0.29, 0.717) is 0 Å². The van der Waals surface area contributed by atoms with Crippen LogP contribution in [-0.4, -0.2) is 4.57 Å². The van der Waals surface area contributed by atoms with Gasteiger partial charge in [-0.1, -0.05) is 194 Å². The van der Waals surface area contributed by atoms with Crippen molar-refractivity contribution < 1.29 is 0 Å². The first-order valence-electron chi connectivity index (χ1n) is 22.0. The molecule has 300 valence electrons. The van der Waals surface area contributed by atoms with E-state index in [1.54, 1.807) is 0 Å². The predicted molar refractivity (Wildman–Crippen MR) is 272 cm³/mol. The van der Waals surface area contributed by atoms with Gasteiger partial charge in [-0.25, -0.2) is 0 Å². The molecule has 0 saturated carbocycles. The molecule has 0 unspecified atom stereocenters. The Labute approximate surface area is 373 Å². The summed E-state index contributed by atoms with van der Waals surface area (Å²) in [6.07, 6.45) is 0. The maximum atomic E-state index is 2.45. The summed E-state index contributed by atoms with van der Waals surface area (Å²) in [5, 5.41) is 7.48. The van der Waals surface area contributed by atoms with Crippen LogP contribution < -0.4 is 4.90 Å². The van der Waals surface area contributed by atoms with Crippen LogP contribution in [0.2, 0.25) is 0 Å². The van der Waals surface area contributed by atoms with Gasteiger partial charge in [0.15, 0.2) is 0 Å². The highest BCUT2D eigenvalue weighted by molar-refractivity contribution is 6.11. The van der Waals surface area contributed by atoms with Crippen molar-refractivity contribution in [1.29, 1.82) is 0 Å². The molecule has 0 bridgehead atoms. The Balaban J connectivity index is 0.952. The standard InChI is InChI=1S/C62H42N2/c1-2-13-43(14-3-1)45-27-34-52(35-28-45)63(53-36-29-47(30-37-53)56-22-12-18-46-16-6-7-19-55(46)56)54-38-31-48(32-39-54)57-20-8-10-23-60(57)64-61-24-11-9-21-58(61)59-40-33-51(42-62(59)64)50-26-25-44-15-4-5-17-49(44)41-50/h1-42H. The zero-order valence-electron chi connectivity index (χ0n) is 35.1. The van der Waals surface area contributed by atoms with Crippen LogP contribution in [0.1, 0.15) is 0 Å². The molecule has 1 heterocycles. The number of aromatic nitrogens is 1. The van der Waals surface area contributed by atoms with Crippen molar-refractivity contribution in [2.45, 2.75) is 0 Å². The molecule has 0 radical (unpaired) electrons. The molecule has 0 fully saturated rings. The molecule has 0 N–H and O–H groups in total. The largest absolute Gasteiger partial charge is 0.311 e. The van der Waals surface area contributed by atoms with E-state index < -0.39 is 0 Å². The molecule has 0 aliphatic rings. The molecule has 0 aliphatic carbocycles. The Morgan fingerprint density at radius 3 is 1.48 bits per heavy atom. The van der Waals surface area contributed by atoms with Gasteiger partial charge in [-0.3, -0.25) is 0 Å². The average molecular weight is 815 g/mol. The number of rotatable bonds is 8. The molecule has 0 aliphatic heterocycles. The summed E-state index contributed by atoms with van der Waals surface area (Å²) in [6, 6.07) is 92.7. The predicted octanol–water partition coefficient (Wildman–Crippen LogP) is 17.2. The molecule has 2 heteroatoms. The maximum Gasteiger partial charge on any atom is 0.0547 e. The minimum atomic E-state index is 1.09. The summed E-state index contributed by atoms with van der Waals surface area (Å²) in [5.41, 5.74) is 16.4. The number of hydrogen-bond acceptors (Lipinski definition) is 1. The second kappa shape index (κ2) is 15.8. The van der Waals surface area contributed by atoms with Gasteiger partial charge in [-0.15, -0.1) is 0 Å². The lowest BCUT2D eigenvalue weighted by atomic mass is 9.98. The molecule has 0 spiro atoms. The summed E-state index contributed by atoms with van der Waals surface area (Å²) in [5.74, 6) is 0. The smallest absolute Gasteiger partial charge is 0.0547 e. The Hall–Kier alpha value is -8.46. The Morgan fingerprint density at radius 1 is 0.250 bits per heavy atom. The van der Waals surface area contributed by atoms with Gasteiger partial charge < -0.3 is 9.47 Å². The van der Waals surface area contributed by atoms with Crippen LogP contribution in [-0.2, 0) is 0 Å². The molecule has 12 rings (SSSR count). The van der Waals surface area contributed by atoms with Gasteiger partial charge in [-0.05, 0) is 121 Å². The van der Waals surface area contributed by atoms with E-state index in [1.807, 2.05) is 0 Å². The van der Waals surface area contributed by atoms with E-state index >= 15 is 0 Å². The first-order valence-corrected chi connectivity index (χ1v) is 22.0. The third-order valence-electron chi connectivity index (χ3n) is 12.8. The first kappa shape index (κ1) is 37.3. The van der Waals surface area contributed by atoms with Crippen molar-refractivity contribution in [2.75, 3.05) is 4.90 Å². The van der Waals surface area contributed by atoms with Crippen LogP contribution in [0, 0.1) is 0 Å². The second-order valence-electron chi connectivity index (χ2n) is 16.5. The van der Waals surface area contributed by atoms with Gasteiger partial charge in [-0.2, -0.15) is 0 Å². The third kappa shape index (κ3) is 6.61. The zero-order chi connectivity index (χ0) is 42.4. The molecule has 0 saturated heterocycles. The molecular formula is C62H42N2. The molecule has 2 nitrogen and oxygen atoms in total. The summed E-state index contributed by atoms with van der Waals surface area (Å²) in [6.45, 7) is 0. The molecule has 1 aromatic heterocycles. The highest BCUT2D eigenvalue weighted by Crippen LogP contribution is 2.41. The summed E-state index contributed by atoms with van der Waals surface area (Å²) < 4.78 is 2.45. The second-order valence-corrected chi connectivity index (χ2v) is 16.5. The van der Waals surface area contributed by atoms with Crippen LogP contribution in [0.3, 0.4) is 0 Å². The van der Waals surface area contributed by atoms with Gasteiger partial charge in [0.1, 0.15) is 0 Å². The Bertz CT molecular complexity index is 3630. The topological polar surface area (TPSA) is 8.17 Å². The highest BCUT2D eigenvalue weighted by Gasteiger charge is 2.18. The minimum Gasteiger partial charge on any atom is -0.311 e. The summed E-state index contributed by atoms with van der Waals surface area (Å²) >= 11 is 0. The lowest BCUT2D eigenvalue weighted by Crippen LogP contribution is -2.09. The molecule has 0 atom stereocenters. The van der Waals surface area contributed by atoms with Crippen LogP contribution in [0.4, 0.5) is 17.1 Å². The van der Waals surface area contributed by atoms with Crippen LogP contribution >= 0.6 is 0 Å². The summed E-state index contributed by atoms with van der Waals surface area (Å²) in [4.78, 5) is 2.36. The quantitative estimate of drug-likeness (QED) is 0.148. The van der Waals surface area contributed by atoms with E-state index in [1.165, 1.54) is 82.3 Å². The maximum absolute atomic E-state index is 2.45. The fraction of sp³-hybridized carbons (Fsp3) is 0. The Kier molecular flexibility index (Phi) is 9.20. The van der Waals surface area contributed by atoms with Crippen molar-refractivity contribution in [3.05, 3.63) is 255 Å². The lowest BCUT2D eigenvalue weighted by Gasteiger charge is -2.26. The molecule has 0 amide bonds. The van der Waals surface area contributed by atoms with E-state index in [-0.39, 0.29) is 0 Å². The number of hydrogen-bond donors (Lipinski definition) is 0. The van der Waals surface area contributed by atoms with E-state index in [2.05, 4.69) is 264 Å². The van der Waals surface area contributed by atoms with Crippen LogP contribution in [0.5, 0.6) is 0 Å². The third-order valence-corrected chi connectivity index (χ3v) is 12.8. The number of anilines is 3. The van der Waals surface area contributed by atoms with Gasteiger partial charge >= 0.3 is 0 Å². The first-order chi connectivity index (χ1) is 31.7. The van der Waals surface area contributed by atoms with E-state index in [0.717, 1.165) is 28.3 Å². The minimum absolute atomic E-state index is 1.09. The van der Waals surface area contributed by atoms with Crippen molar-refractivity contribution in [3.8, 4) is 50.2 Å². The SMILES string of the molecule is c1ccc(-c2ccc(N(c3ccc(-c4ccccc4-n4c5ccccc5c5ccc(-c6ccc7ccccc7c6)cc54)cc3)c3ccc(-c4cccc5ccccc45)cc3)cc2)cc1. The van der Waals surface area contributed by atoms with E-state index in [4.69, 9.17) is 0 Å². The van der Waals surface area contributed by atoms with Crippen LogP contribution in [0.25, 0.3) is 93.5 Å². The fourth-order valence-electron chi connectivity index (χ4n) is 9.63. The van der Waals surface area contributed by atoms with E-state index in [9.17, 15) is 0 Å². The number of benzene rings is 11. The number of nitrogens with zero attached hydrogens (tertiary/aromatic N) is 2. The molecular weight excluding hydrogens is 773 g/mol. The molecule has 11 aromatic carbocycles. The number of fused-ring (bicyclic) bond motifs is 5. The Morgan fingerprint density at radius 2 is 0.734 bits per heavy atom.